The maximum absolute atomic E-state index is 12.6. The van der Waals surface area contributed by atoms with Gasteiger partial charge in [-0.25, -0.2) is 4.98 Å². The van der Waals surface area contributed by atoms with Gasteiger partial charge < -0.3 is 11.4 Å². The normalized spacial score (nSPS) is 12.8. The molecule has 9 heteroatoms. The summed E-state index contributed by atoms with van der Waals surface area (Å²) in [5.41, 5.74) is 3.71. The zero-order chi connectivity index (χ0) is 24.7. The molecule has 0 aliphatic rings. The first-order valence-corrected chi connectivity index (χ1v) is 13.2. The molecule has 3 aromatic rings. The summed E-state index contributed by atoms with van der Waals surface area (Å²) in [5, 5.41) is 10.4. The predicted molar refractivity (Wildman–Crippen MR) is 146 cm³/mol. The number of pyridine rings is 1. The molecule has 0 spiro atoms. The van der Waals surface area contributed by atoms with Crippen molar-refractivity contribution in [3.63, 3.8) is 0 Å². The second-order valence-electron chi connectivity index (χ2n) is 7.82. The molecule has 2 aromatic carbocycles. The zero-order valence-electron chi connectivity index (χ0n) is 21.3. The van der Waals surface area contributed by atoms with E-state index < -0.39 is 11.2 Å². The number of carboxylic acid groups (broad SMARTS) is 1. The Kier molecular flexibility index (Phi) is 12.2. The molecular formula is C26H28ClN2NaO3S2. The Bertz CT molecular complexity index is 1210. The van der Waals surface area contributed by atoms with E-state index in [2.05, 4.69) is 18.0 Å². The number of hydrogen-bond donors (Lipinski definition) is 1. The average molecular weight is 539 g/mol. The van der Waals surface area contributed by atoms with Crippen molar-refractivity contribution in [2.45, 2.75) is 23.2 Å². The average Bonchev–Trinajstić information content (AvgIpc) is 2.81. The maximum atomic E-state index is 12.6. The topological polar surface area (TPSA) is 70.5 Å². The molecule has 0 aliphatic carbocycles. The number of hydrogen-bond acceptors (Lipinski definition) is 5. The number of thioether (sulfide) groups is 2. The molecule has 0 saturated carbocycles. The number of carbonyl (C=O) groups excluding carboxylic acids is 1. The van der Waals surface area contributed by atoms with Crippen LogP contribution in [0, 0.1) is 0 Å². The van der Waals surface area contributed by atoms with Gasteiger partial charge in [0.1, 0.15) is 0 Å². The summed E-state index contributed by atoms with van der Waals surface area (Å²) in [5.74, 6) is -0.321. The number of amides is 1. The van der Waals surface area contributed by atoms with Gasteiger partial charge in [0.2, 0.25) is 5.91 Å². The summed E-state index contributed by atoms with van der Waals surface area (Å²) in [4.78, 5) is 30.1. The zero-order valence-corrected chi connectivity index (χ0v) is 24.7. The van der Waals surface area contributed by atoms with Gasteiger partial charge in [0.05, 0.1) is 27.5 Å². The number of rotatable bonds is 10. The third-order valence-corrected chi connectivity index (χ3v) is 8.09. The molecule has 1 heterocycles. The fourth-order valence-electron chi connectivity index (χ4n) is 3.34. The van der Waals surface area contributed by atoms with Crippen molar-refractivity contribution < 1.29 is 45.7 Å². The number of fused-ring (bicyclic) bond motifs is 1. The van der Waals surface area contributed by atoms with Crippen LogP contribution < -0.4 is 29.6 Å². The van der Waals surface area contributed by atoms with Gasteiger partial charge >= 0.3 is 35.5 Å². The van der Waals surface area contributed by atoms with Gasteiger partial charge in [-0.05, 0) is 47.2 Å². The maximum Gasteiger partial charge on any atom is 1.00 e. The molecule has 2 unspecified atom stereocenters. The smallest absolute Gasteiger partial charge is 1.00 e. The van der Waals surface area contributed by atoms with Crippen LogP contribution in [0.4, 0.5) is 0 Å². The number of carbonyl (C=O) groups is 2. The second kappa shape index (κ2) is 14.3. The van der Waals surface area contributed by atoms with Crippen molar-refractivity contribution in [2.75, 3.05) is 19.8 Å². The van der Waals surface area contributed by atoms with E-state index in [0.29, 0.717) is 5.02 Å². The van der Waals surface area contributed by atoms with Gasteiger partial charge in [0.15, 0.2) is 0 Å². The van der Waals surface area contributed by atoms with Crippen LogP contribution in [0.1, 0.15) is 36.2 Å². The first-order chi connectivity index (χ1) is 16.3. The minimum Gasteiger partial charge on any atom is -1.00 e. The van der Waals surface area contributed by atoms with E-state index in [1.165, 1.54) is 16.7 Å². The van der Waals surface area contributed by atoms with Crippen molar-refractivity contribution in [1.82, 2.24) is 9.88 Å². The Labute approximate surface area is 243 Å². The summed E-state index contributed by atoms with van der Waals surface area (Å²) < 4.78 is -0.0625. The third kappa shape index (κ3) is 8.85. The molecule has 0 fully saturated rings. The van der Waals surface area contributed by atoms with Crippen molar-refractivity contribution in [2.24, 2.45) is 0 Å². The summed E-state index contributed by atoms with van der Waals surface area (Å²) in [6, 6.07) is 17.7. The standard InChI is InChI=1S/C26H27ClN2O3S2.Na.H/c1-4-33-26(34-23(16-24(30)31)25(32)29(2)3)19-7-5-6-17(14-19)8-12-21-13-10-18-9-11-20(27)15-22(18)28-21;;/h5-15,23,26H,4,16H2,1-3H3,(H,30,31);;/q;+1;-1. The molecule has 0 bridgehead atoms. The van der Waals surface area contributed by atoms with Gasteiger partial charge in [0, 0.05) is 24.5 Å². The first-order valence-electron chi connectivity index (χ1n) is 10.8. The van der Waals surface area contributed by atoms with Crippen LogP contribution in [-0.4, -0.2) is 52.0 Å². The van der Waals surface area contributed by atoms with E-state index in [4.69, 9.17) is 11.6 Å². The van der Waals surface area contributed by atoms with Crippen LogP contribution in [0.5, 0.6) is 0 Å². The molecule has 3 rings (SSSR count). The van der Waals surface area contributed by atoms with Crippen molar-refractivity contribution in [3.05, 3.63) is 76.4 Å². The van der Waals surface area contributed by atoms with E-state index in [9.17, 15) is 14.7 Å². The molecule has 5 nitrogen and oxygen atoms in total. The molecule has 1 N–H and O–H groups in total. The molecular weight excluding hydrogens is 511 g/mol. The monoisotopic (exact) mass is 538 g/mol. The Morgan fingerprint density at radius 1 is 1.14 bits per heavy atom. The van der Waals surface area contributed by atoms with Crippen LogP contribution in [0.3, 0.4) is 0 Å². The van der Waals surface area contributed by atoms with E-state index in [1.54, 1.807) is 25.9 Å². The summed E-state index contributed by atoms with van der Waals surface area (Å²) >= 11 is 9.19. The number of aromatic nitrogens is 1. The third-order valence-electron chi connectivity index (χ3n) is 4.99. The minimum atomic E-state index is -0.978. The largest absolute Gasteiger partial charge is 1.00 e. The SMILES string of the molecule is CCSC(SC(CC(=O)O)C(=O)N(C)C)c1cccc(C=Cc2ccc3ccc(Cl)cc3n2)c1.[H-].[Na+]. The molecule has 2 atom stereocenters. The number of aliphatic carboxylic acids is 1. The predicted octanol–water partition coefficient (Wildman–Crippen LogP) is 3.59. The Morgan fingerprint density at radius 3 is 2.57 bits per heavy atom. The van der Waals surface area contributed by atoms with E-state index in [0.717, 1.165) is 33.5 Å². The summed E-state index contributed by atoms with van der Waals surface area (Å²) in [7, 11) is 3.31. The Morgan fingerprint density at radius 2 is 1.89 bits per heavy atom. The quantitative estimate of drug-likeness (QED) is 0.314. The molecule has 0 saturated heterocycles. The van der Waals surface area contributed by atoms with E-state index in [1.807, 2.05) is 60.7 Å². The van der Waals surface area contributed by atoms with Crippen LogP contribution in [0.25, 0.3) is 23.1 Å². The second-order valence-corrected chi connectivity index (χ2v) is 11.2. The molecule has 0 radical (unpaired) electrons. The van der Waals surface area contributed by atoms with Crippen molar-refractivity contribution in [1.29, 1.82) is 0 Å². The van der Waals surface area contributed by atoms with Crippen LogP contribution in [0.2, 0.25) is 5.02 Å². The fraction of sp³-hybridized carbons (Fsp3) is 0.269. The summed E-state index contributed by atoms with van der Waals surface area (Å²) in [6.07, 6.45) is 3.75. The minimum absolute atomic E-state index is 0. The van der Waals surface area contributed by atoms with Gasteiger partial charge in [-0.15, -0.1) is 23.5 Å². The number of halogens is 1. The number of benzene rings is 2. The van der Waals surface area contributed by atoms with Crippen LogP contribution in [0.15, 0.2) is 54.6 Å². The van der Waals surface area contributed by atoms with Gasteiger partial charge in [-0.3, -0.25) is 9.59 Å². The van der Waals surface area contributed by atoms with Crippen molar-refractivity contribution >= 4 is 70.1 Å². The van der Waals surface area contributed by atoms with Crippen LogP contribution in [-0.2, 0) is 9.59 Å². The molecule has 1 aromatic heterocycles. The van der Waals surface area contributed by atoms with E-state index >= 15 is 0 Å². The number of nitrogens with zero attached hydrogens (tertiary/aromatic N) is 2. The first kappa shape index (κ1) is 29.7. The van der Waals surface area contributed by atoms with Crippen molar-refractivity contribution in [3.8, 4) is 0 Å². The Hall–Kier alpha value is -1.48. The summed E-state index contributed by atoms with van der Waals surface area (Å²) in [6.45, 7) is 2.06. The molecule has 35 heavy (non-hydrogen) atoms. The molecule has 0 aliphatic heterocycles. The molecule has 1 amide bonds. The van der Waals surface area contributed by atoms with Gasteiger partial charge in [0.25, 0.3) is 0 Å². The Balaban J connectivity index is 0.00000324. The van der Waals surface area contributed by atoms with Gasteiger partial charge in [-0.1, -0.05) is 54.9 Å². The fourth-order valence-corrected chi connectivity index (χ4v) is 6.45. The van der Waals surface area contributed by atoms with Crippen LogP contribution >= 0.6 is 35.1 Å². The van der Waals surface area contributed by atoms with Gasteiger partial charge in [-0.2, -0.15) is 0 Å². The van der Waals surface area contributed by atoms with E-state index in [-0.39, 0.29) is 47.9 Å². The molecule has 180 valence electrons. The number of carboxylic acids is 1.